The van der Waals surface area contributed by atoms with E-state index < -0.39 is 0 Å². The van der Waals surface area contributed by atoms with E-state index in [2.05, 4.69) is 21.9 Å². The van der Waals surface area contributed by atoms with Crippen LogP contribution in [-0.2, 0) is 0 Å². The lowest BCUT2D eigenvalue weighted by atomic mass is 10.4. The first-order valence-corrected chi connectivity index (χ1v) is 5.35. The Bertz CT molecular complexity index is 265. The lowest BCUT2D eigenvalue weighted by Gasteiger charge is -2.07. The van der Waals surface area contributed by atoms with Crippen molar-refractivity contribution in [2.45, 2.75) is 16.8 Å². The highest BCUT2D eigenvalue weighted by molar-refractivity contribution is 7.99. The van der Waals surface area contributed by atoms with Crippen molar-refractivity contribution in [3.63, 3.8) is 0 Å². The lowest BCUT2D eigenvalue weighted by Crippen LogP contribution is -2.14. The molecule has 0 N–H and O–H groups in total. The largest absolute Gasteiger partial charge is 0.305 e. The van der Waals surface area contributed by atoms with E-state index in [0.29, 0.717) is 5.25 Å². The molecule has 1 atom stereocenters. The molecule has 1 aromatic heterocycles. The molecule has 70 valence electrons. The molecule has 1 saturated heterocycles. The molecule has 13 heavy (non-hydrogen) atoms. The van der Waals surface area contributed by atoms with E-state index >= 15 is 0 Å². The number of nitrogens with zero attached hydrogens (tertiary/aromatic N) is 3. The molecule has 0 aliphatic carbocycles. The smallest absolute Gasteiger partial charge is 0.187 e. The van der Waals surface area contributed by atoms with E-state index in [-0.39, 0.29) is 0 Å². The van der Waals surface area contributed by atoms with E-state index in [4.69, 9.17) is 0 Å². The van der Waals surface area contributed by atoms with Crippen LogP contribution in [0.2, 0.25) is 0 Å². The van der Waals surface area contributed by atoms with Gasteiger partial charge in [-0.25, -0.2) is 9.97 Å². The number of aromatic nitrogens is 2. The van der Waals surface area contributed by atoms with Gasteiger partial charge in [0, 0.05) is 24.2 Å². The standard InChI is InChI=1S/C9H13N3S/c1-12-6-3-8(7-12)13-9-10-4-2-5-11-9/h2,4-5,8H,3,6-7H2,1H3. The SMILES string of the molecule is CN1CCC(Sc2ncccn2)C1. The Kier molecular flexibility index (Phi) is 2.80. The molecule has 0 spiro atoms. The van der Waals surface area contributed by atoms with Crippen molar-refractivity contribution >= 4 is 11.8 Å². The van der Waals surface area contributed by atoms with Crippen molar-refractivity contribution in [3.05, 3.63) is 18.5 Å². The molecular formula is C9H13N3S. The summed E-state index contributed by atoms with van der Waals surface area (Å²) in [5.41, 5.74) is 0. The van der Waals surface area contributed by atoms with Crippen molar-refractivity contribution in [1.82, 2.24) is 14.9 Å². The predicted molar refractivity (Wildman–Crippen MR) is 53.8 cm³/mol. The van der Waals surface area contributed by atoms with Gasteiger partial charge in [0.25, 0.3) is 0 Å². The maximum absolute atomic E-state index is 4.20. The minimum Gasteiger partial charge on any atom is -0.305 e. The van der Waals surface area contributed by atoms with Gasteiger partial charge in [-0.1, -0.05) is 11.8 Å². The molecule has 4 heteroatoms. The van der Waals surface area contributed by atoms with Gasteiger partial charge in [0.1, 0.15) is 0 Å². The maximum Gasteiger partial charge on any atom is 0.187 e. The maximum atomic E-state index is 4.20. The number of likely N-dealkylation sites (tertiary alicyclic amines) is 1. The van der Waals surface area contributed by atoms with E-state index in [0.717, 1.165) is 11.7 Å². The highest BCUT2D eigenvalue weighted by atomic mass is 32.2. The van der Waals surface area contributed by atoms with Gasteiger partial charge in [-0.2, -0.15) is 0 Å². The molecule has 1 fully saturated rings. The second-order valence-electron chi connectivity index (χ2n) is 3.32. The first kappa shape index (κ1) is 8.97. The highest BCUT2D eigenvalue weighted by Gasteiger charge is 2.20. The molecule has 2 rings (SSSR count). The Morgan fingerprint density at radius 2 is 2.23 bits per heavy atom. The zero-order valence-corrected chi connectivity index (χ0v) is 8.50. The fraction of sp³-hybridized carbons (Fsp3) is 0.556. The molecule has 0 bridgehead atoms. The Morgan fingerprint density at radius 3 is 2.85 bits per heavy atom. The highest BCUT2D eigenvalue weighted by Crippen LogP contribution is 2.25. The monoisotopic (exact) mass is 195 g/mol. The Balaban J connectivity index is 1.92. The van der Waals surface area contributed by atoms with Gasteiger partial charge in [-0.15, -0.1) is 0 Å². The molecule has 1 unspecified atom stereocenters. The molecule has 0 aromatic carbocycles. The minimum absolute atomic E-state index is 0.674. The molecule has 3 nitrogen and oxygen atoms in total. The topological polar surface area (TPSA) is 29.0 Å². The van der Waals surface area contributed by atoms with Crippen LogP contribution in [-0.4, -0.2) is 40.3 Å². The van der Waals surface area contributed by atoms with Crippen LogP contribution in [0.4, 0.5) is 0 Å². The second-order valence-corrected chi connectivity index (χ2v) is 4.59. The molecule has 0 amide bonds. The fourth-order valence-corrected chi connectivity index (χ4v) is 2.58. The predicted octanol–water partition coefficient (Wildman–Crippen LogP) is 1.27. The average Bonchev–Trinajstić information content (AvgIpc) is 2.53. The third-order valence-electron chi connectivity index (χ3n) is 2.16. The Morgan fingerprint density at radius 1 is 1.46 bits per heavy atom. The summed E-state index contributed by atoms with van der Waals surface area (Å²) in [6, 6.07) is 1.85. The third-order valence-corrected chi connectivity index (χ3v) is 3.30. The van der Waals surface area contributed by atoms with Crippen molar-refractivity contribution in [2.24, 2.45) is 0 Å². The summed E-state index contributed by atoms with van der Waals surface area (Å²) in [6.07, 6.45) is 4.85. The van der Waals surface area contributed by atoms with Crippen LogP contribution in [0.3, 0.4) is 0 Å². The zero-order chi connectivity index (χ0) is 9.10. The summed E-state index contributed by atoms with van der Waals surface area (Å²) in [7, 11) is 2.16. The van der Waals surface area contributed by atoms with Crippen LogP contribution in [0.25, 0.3) is 0 Å². The van der Waals surface area contributed by atoms with Gasteiger partial charge in [0.2, 0.25) is 0 Å². The summed E-state index contributed by atoms with van der Waals surface area (Å²) in [5, 5.41) is 1.58. The zero-order valence-electron chi connectivity index (χ0n) is 7.68. The lowest BCUT2D eigenvalue weighted by molar-refractivity contribution is 0.419. The molecule has 1 aliphatic heterocycles. The van der Waals surface area contributed by atoms with Crippen LogP contribution in [0.1, 0.15) is 6.42 Å². The van der Waals surface area contributed by atoms with Crippen LogP contribution in [0.15, 0.2) is 23.6 Å². The number of hydrogen-bond acceptors (Lipinski definition) is 4. The van der Waals surface area contributed by atoms with Crippen molar-refractivity contribution in [1.29, 1.82) is 0 Å². The Hall–Kier alpha value is -0.610. The Labute approximate surface area is 82.6 Å². The first-order valence-electron chi connectivity index (χ1n) is 4.47. The third kappa shape index (κ3) is 2.42. The van der Waals surface area contributed by atoms with E-state index in [1.165, 1.54) is 13.0 Å². The van der Waals surface area contributed by atoms with Crippen LogP contribution >= 0.6 is 11.8 Å². The van der Waals surface area contributed by atoms with Gasteiger partial charge >= 0.3 is 0 Å². The quantitative estimate of drug-likeness (QED) is 0.665. The van der Waals surface area contributed by atoms with E-state index in [1.54, 1.807) is 24.2 Å². The summed E-state index contributed by atoms with van der Waals surface area (Å²) in [4.78, 5) is 10.7. The van der Waals surface area contributed by atoms with Crippen molar-refractivity contribution < 1.29 is 0 Å². The van der Waals surface area contributed by atoms with Gasteiger partial charge in [-0.05, 0) is 26.1 Å². The van der Waals surface area contributed by atoms with Crippen LogP contribution in [0, 0.1) is 0 Å². The number of thioether (sulfide) groups is 1. The van der Waals surface area contributed by atoms with E-state index in [1.807, 2.05) is 6.07 Å². The van der Waals surface area contributed by atoms with E-state index in [9.17, 15) is 0 Å². The van der Waals surface area contributed by atoms with Crippen LogP contribution < -0.4 is 0 Å². The number of rotatable bonds is 2. The van der Waals surface area contributed by atoms with Crippen molar-refractivity contribution in [2.75, 3.05) is 20.1 Å². The molecule has 1 aliphatic rings. The second kappa shape index (κ2) is 4.07. The summed E-state index contributed by atoms with van der Waals surface area (Å²) in [5.74, 6) is 0. The summed E-state index contributed by atoms with van der Waals surface area (Å²) < 4.78 is 0. The van der Waals surface area contributed by atoms with Gasteiger partial charge in [0.15, 0.2) is 5.16 Å². The van der Waals surface area contributed by atoms with Gasteiger partial charge < -0.3 is 4.90 Å². The molecular weight excluding hydrogens is 182 g/mol. The normalized spacial score (nSPS) is 23.6. The fourth-order valence-electron chi connectivity index (χ4n) is 1.49. The molecule has 0 radical (unpaired) electrons. The van der Waals surface area contributed by atoms with Crippen molar-refractivity contribution in [3.8, 4) is 0 Å². The minimum atomic E-state index is 0.674. The average molecular weight is 195 g/mol. The number of hydrogen-bond donors (Lipinski definition) is 0. The van der Waals surface area contributed by atoms with Crippen LogP contribution in [0.5, 0.6) is 0 Å². The summed E-state index contributed by atoms with van der Waals surface area (Å²) >= 11 is 1.79. The molecule has 2 heterocycles. The summed E-state index contributed by atoms with van der Waals surface area (Å²) in [6.45, 7) is 2.35. The van der Waals surface area contributed by atoms with Gasteiger partial charge in [0.05, 0.1) is 0 Å². The first-order chi connectivity index (χ1) is 6.34. The van der Waals surface area contributed by atoms with Gasteiger partial charge in [-0.3, -0.25) is 0 Å². The molecule has 1 aromatic rings. The molecule has 0 saturated carbocycles.